The van der Waals surface area contributed by atoms with Crippen LogP contribution in [0.1, 0.15) is 56.6 Å². The number of aromatic nitrogens is 2. The number of pyridine rings is 1. The van der Waals surface area contributed by atoms with E-state index in [-0.39, 0.29) is 11.7 Å². The summed E-state index contributed by atoms with van der Waals surface area (Å²) in [6.07, 6.45) is 1.85. The second-order valence-corrected chi connectivity index (χ2v) is 4.60. The summed E-state index contributed by atoms with van der Waals surface area (Å²) in [6, 6.07) is 5.19. The van der Waals surface area contributed by atoms with E-state index in [1.165, 1.54) is 0 Å². The summed E-state index contributed by atoms with van der Waals surface area (Å²) in [7, 11) is 0. The molecule has 0 aliphatic carbocycles. The fourth-order valence-electron chi connectivity index (χ4n) is 1.90. The summed E-state index contributed by atoms with van der Waals surface area (Å²) in [5.74, 6) is 0.155. The largest absolute Gasteiger partial charge is 0.321 e. The van der Waals surface area contributed by atoms with E-state index in [2.05, 4.69) is 5.10 Å². The number of Topliss-reactive ketones (excluding diaryl/α,β-unsaturated/α-hetero) is 1. The van der Waals surface area contributed by atoms with Crippen LogP contribution in [0.2, 0.25) is 0 Å². The van der Waals surface area contributed by atoms with Gasteiger partial charge in [-0.2, -0.15) is 5.10 Å². The highest BCUT2D eigenvalue weighted by molar-refractivity contribution is 6.06. The summed E-state index contributed by atoms with van der Waals surface area (Å²) < 4.78 is 1.74. The highest BCUT2D eigenvalue weighted by Crippen LogP contribution is 2.23. The van der Waals surface area contributed by atoms with Gasteiger partial charge in [0.1, 0.15) is 0 Å². The molecule has 1 unspecified atom stereocenters. The van der Waals surface area contributed by atoms with Crippen LogP contribution in [-0.4, -0.2) is 21.4 Å². The van der Waals surface area contributed by atoms with Gasteiger partial charge in [0.2, 0.25) is 0 Å². The highest BCUT2D eigenvalue weighted by atomic mass is 16.1. The number of carbonyl (C=O) groups excluding carboxylic acids is 1. The van der Waals surface area contributed by atoms with Crippen LogP contribution in [0.15, 0.2) is 24.4 Å². The van der Waals surface area contributed by atoms with Gasteiger partial charge in [0, 0.05) is 6.20 Å². The standard InChI is InChI=1S/C13H17N3O.C2H6/c1-8(2)12-11(13(17)9(3)14)10-6-4-5-7-16(10)15-12;1-2/h4-9H,14H2,1-3H3;1-2H3. The molecule has 2 heterocycles. The maximum absolute atomic E-state index is 12.2. The summed E-state index contributed by atoms with van der Waals surface area (Å²) in [6.45, 7) is 9.76. The van der Waals surface area contributed by atoms with E-state index in [4.69, 9.17) is 5.73 Å². The second-order valence-electron chi connectivity index (χ2n) is 4.60. The van der Waals surface area contributed by atoms with E-state index in [1.54, 1.807) is 11.4 Å². The molecule has 0 amide bonds. The summed E-state index contributed by atoms with van der Waals surface area (Å²) >= 11 is 0. The Kier molecular flexibility index (Phi) is 5.24. The number of hydrogen-bond acceptors (Lipinski definition) is 3. The predicted molar refractivity (Wildman–Crippen MR) is 78.6 cm³/mol. The minimum Gasteiger partial charge on any atom is -0.321 e. The Morgan fingerprint density at radius 2 is 1.89 bits per heavy atom. The van der Waals surface area contributed by atoms with Gasteiger partial charge in [-0.05, 0) is 25.0 Å². The van der Waals surface area contributed by atoms with Crippen molar-refractivity contribution in [3.05, 3.63) is 35.7 Å². The first kappa shape index (κ1) is 15.4. The van der Waals surface area contributed by atoms with E-state index in [0.29, 0.717) is 5.56 Å². The van der Waals surface area contributed by atoms with E-state index in [1.807, 2.05) is 52.1 Å². The normalized spacial score (nSPS) is 12.2. The fourth-order valence-corrected chi connectivity index (χ4v) is 1.90. The first-order valence-corrected chi connectivity index (χ1v) is 6.79. The van der Waals surface area contributed by atoms with Crippen LogP contribution in [0, 0.1) is 0 Å². The maximum atomic E-state index is 12.2. The zero-order valence-corrected chi connectivity index (χ0v) is 12.3. The van der Waals surface area contributed by atoms with Crippen LogP contribution in [0.25, 0.3) is 5.52 Å². The van der Waals surface area contributed by atoms with Crippen molar-refractivity contribution in [3.63, 3.8) is 0 Å². The lowest BCUT2D eigenvalue weighted by Crippen LogP contribution is -2.27. The third-order valence-corrected chi connectivity index (χ3v) is 2.77. The van der Waals surface area contributed by atoms with Crippen molar-refractivity contribution < 1.29 is 4.79 Å². The Balaban J connectivity index is 0.000000861. The molecule has 0 aliphatic heterocycles. The first-order chi connectivity index (χ1) is 9.02. The molecule has 0 saturated carbocycles. The number of rotatable bonds is 3. The van der Waals surface area contributed by atoms with Crippen LogP contribution in [0.4, 0.5) is 0 Å². The zero-order chi connectivity index (χ0) is 14.6. The van der Waals surface area contributed by atoms with Crippen LogP contribution < -0.4 is 5.73 Å². The SMILES string of the molecule is CC.CC(N)C(=O)c1c(C(C)C)nn2ccccc12. The Labute approximate surface area is 114 Å². The van der Waals surface area contributed by atoms with Gasteiger partial charge in [-0.25, -0.2) is 4.52 Å². The maximum Gasteiger partial charge on any atom is 0.183 e. The molecular formula is C15H23N3O. The van der Waals surface area contributed by atoms with Crippen molar-refractivity contribution in [2.75, 3.05) is 0 Å². The third-order valence-electron chi connectivity index (χ3n) is 2.77. The molecule has 2 N–H and O–H groups in total. The quantitative estimate of drug-likeness (QED) is 0.864. The first-order valence-electron chi connectivity index (χ1n) is 6.79. The van der Waals surface area contributed by atoms with Crippen LogP contribution in [0.3, 0.4) is 0 Å². The van der Waals surface area contributed by atoms with Crippen molar-refractivity contribution in [2.45, 2.75) is 46.6 Å². The molecule has 4 heteroatoms. The number of nitrogens with zero attached hydrogens (tertiary/aromatic N) is 2. The minimum atomic E-state index is -0.499. The predicted octanol–water partition coefficient (Wildman–Crippen LogP) is 3.01. The molecule has 0 saturated heterocycles. The molecule has 0 aliphatic rings. The number of nitrogens with two attached hydrogens (primary N) is 1. The van der Waals surface area contributed by atoms with Crippen molar-refractivity contribution in [1.82, 2.24) is 9.61 Å². The lowest BCUT2D eigenvalue weighted by atomic mass is 9.98. The number of hydrogen-bond donors (Lipinski definition) is 1. The molecule has 0 radical (unpaired) electrons. The zero-order valence-electron chi connectivity index (χ0n) is 12.3. The average molecular weight is 261 g/mol. The molecule has 4 nitrogen and oxygen atoms in total. The topological polar surface area (TPSA) is 60.4 Å². The molecule has 1 atom stereocenters. The second kappa shape index (κ2) is 6.48. The Bertz CT molecular complexity index is 556. The van der Waals surface area contributed by atoms with E-state index in [9.17, 15) is 4.79 Å². The van der Waals surface area contributed by atoms with Gasteiger partial charge in [0.15, 0.2) is 5.78 Å². The third kappa shape index (κ3) is 3.01. The molecule has 2 aromatic rings. The number of ketones is 1. The van der Waals surface area contributed by atoms with Gasteiger partial charge in [0.05, 0.1) is 22.8 Å². The van der Waals surface area contributed by atoms with E-state index in [0.717, 1.165) is 11.2 Å². The van der Waals surface area contributed by atoms with Crippen LogP contribution >= 0.6 is 0 Å². The van der Waals surface area contributed by atoms with Crippen molar-refractivity contribution in [3.8, 4) is 0 Å². The van der Waals surface area contributed by atoms with Crippen molar-refractivity contribution in [2.24, 2.45) is 5.73 Å². The molecule has 0 bridgehead atoms. The Morgan fingerprint density at radius 3 is 2.42 bits per heavy atom. The average Bonchev–Trinajstić information content (AvgIpc) is 2.79. The molecule has 0 fully saturated rings. The van der Waals surface area contributed by atoms with Gasteiger partial charge in [0.25, 0.3) is 0 Å². The van der Waals surface area contributed by atoms with Crippen LogP contribution in [-0.2, 0) is 0 Å². The van der Waals surface area contributed by atoms with Crippen molar-refractivity contribution in [1.29, 1.82) is 0 Å². The van der Waals surface area contributed by atoms with E-state index < -0.39 is 6.04 Å². The van der Waals surface area contributed by atoms with Crippen molar-refractivity contribution >= 4 is 11.3 Å². The molecule has 104 valence electrons. The van der Waals surface area contributed by atoms with Gasteiger partial charge in [-0.15, -0.1) is 0 Å². The monoisotopic (exact) mass is 261 g/mol. The smallest absolute Gasteiger partial charge is 0.183 e. The minimum absolute atomic E-state index is 0.0464. The lowest BCUT2D eigenvalue weighted by Gasteiger charge is -2.07. The molecule has 0 aromatic carbocycles. The summed E-state index contributed by atoms with van der Waals surface area (Å²) in [4.78, 5) is 12.2. The van der Waals surface area contributed by atoms with Gasteiger partial charge in [-0.1, -0.05) is 33.8 Å². The summed E-state index contributed by atoms with van der Waals surface area (Å²) in [5.41, 5.74) is 8.01. The van der Waals surface area contributed by atoms with E-state index >= 15 is 0 Å². The fraction of sp³-hybridized carbons (Fsp3) is 0.467. The van der Waals surface area contributed by atoms with Gasteiger partial charge < -0.3 is 5.73 Å². The molecule has 2 rings (SSSR count). The van der Waals surface area contributed by atoms with Crippen LogP contribution in [0.5, 0.6) is 0 Å². The number of fused-ring (bicyclic) bond motifs is 1. The van der Waals surface area contributed by atoms with Gasteiger partial charge in [-0.3, -0.25) is 4.79 Å². The molecule has 2 aromatic heterocycles. The lowest BCUT2D eigenvalue weighted by molar-refractivity contribution is 0.0968. The Hall–Kier alpha value is -1.68. The number of carbonyl (C=O) groups is 1. The molecular weight excluding hydrogens is 238 g/mol. The highest BCUT2D eigenvalue weighted by Gasteiger charge is 2.23. The molecule has 19 heavy (non-hydrogen) atoms. The van der Waals surface area contributed by atoms with Gasteiger partial charge >= 0.3 is 0 Å². The molecule has 0 spiro atoms. The Morgan fingerprint density at radius 1 is 1.26 bits per heavy atom. The summed E-state index contributed by atoms with van der Waals surface area (Å²) in [5, 5.41) is 4.46.